The maximum Gasteiger partial charge on any atom is 0.305 e. The molecule has 1 atom stereocenters. The monoisotopic (exact) mass is 303 g/mol. The van der Waals surface area contributed by atoms with Crippen LogP contribution in [0.2, 0.25) is 5.02 Å². The van der Waals surface area contributed by atoms with Gasteiger partial charge in [-0.25, -0.2) is 8.78 Å². The highest BCUT2D eigenvalue weighted by molar-refractivity contribution is 6.33. The van der Waals surface area contributed by atoms with Crippen molar-refractivity contribution in [1.82, 2.24) is 4.90 Å². The lowest BCUT2D eigenvalue weighted by atomic mass is 10.1. The van der Waals surface area contributed by atoms with Gasteiger partial charge in [0.1, 0.15) is 0 Å². The number of carbonyl (C=O) groups excluding carboxylic acids is 1. The van der Waals surface area contributed by atoms with Gasteiger partial charge in [0.15, 0.2) is 11.6 Å². The van der Waals surface area contributed by atoms with Crippen molar-refractivity contribution in [3.63, 3.8) is 0 Å². The average molecular weight is 304 g/mol. The largest absolute Gasteiger partial charge is 0.481 e. The van der Waals surface area contributed by atoms with E-state index in [9.17, 15) is 18.4 Å². The molecule has 1 amide bonds. The molecule has 1 aromatic rings. The van der Waals surface area contributed by atoms with Crippen molar-refractivity contribution in [3.8, 4) is 0 Å². The van der Waals surface area contributed by atoms with Crippen LogP contribution < -0.4 is 0 Å². The number of carboxylic acids is 1. The fourth-order valence-electron chi connectivity index (χ4n) is 2.36. The van der Waals surface area contributed by atoms with E-state index >= 15 is 0 Å². The van der Waals surface area contributed by atoms with Crippen LogP contribution in [0.4, 0.5) is 8.78 Å². The molecule has 7 heteroatoms. The second kappa shape index (κ2) is 5.75. The number of carbonyl (C=O) groups is 2. The zero-order valence-corrected chi connectivity index (χ0v) is 11.2. The predicted octanol–water partition coefficient (Wildman–Crippen LogP) is 2.70. The normalized spacial score (nSPS) is 18.4. The van der Waals surface area contributed by atoms with E-state index in [2.05, 4.69) is 0 Å². The number of halogens is 3. The van der Waals surface area contributed by atoms with E-state index in [1.54, 1.807) is 0 Å². The van der Waals surface area contributed by atoms with Gasteiger partial charge in [0, 0.05) is 12.6 Å². The SMILES string of the molecule is O=C(O)CC1CCCN1C(=O)c1cc(F)c(F)cc1Cl. The first-order chi connectivity index (χ1) is 9.40. The molecule has 1 aromatic carbocycles. The van der Waals surface area contributed by atoms with Gasteiger partial charge in [-0.15, -0.1) is 0 Å². The Morgan fingerprint density at radius 2 is 2.00 bits per heavy atom. The Morgan fingerprint density at radius 1 is 1.35 bits per heavy atom. The van der Waals surface area contributed by atoms with Gasteiger partial charge in [-0.3, -0.25) is 9.59 Å². The first-order valence-electron chi connectivity index (χ1n) is 6.07. The number of hydrogen-bond donors (Lipinski definition) is 1. The van der Waals surface area contributed by atoms with Gasteiger partial charge in [0.05, 0.1) is 17.0 Å². The van der Waals surface area contributed by atoms with Crippen LogP contribution >= 0.6 is 11.6 Å². The predicted molar refractivity (Wildman–Crippen MR) is 67.7 cm³/mol. The van der Waals surface area contributed by atoms with Gasteiger partial charge >= 0.3 is 5.97 Å². The third-order valence-corrected chi connectivity index (χ3v) is 3.60. The summed E-state index contributed by atoms with van der Waals surface area (Å²) >= 11 is 5.76. The van der Waals surface area contributed by atoms with Crippen LogP contribution in [0.5, 0.6) is 0 Å². The number of rotatable bonds is 3. The van der Waals surface area contributed by atoms with Gasteiger partial charge < -0.3 is 10.0 Å². The Labute approximate surface area is 118 Å². The summed E-state index contributed by atoms with van der Waals surface area (Å²) in [7, 11) is 0. The number of hydrogen-bond acceptors (Lipinski definition) is 2. The van der Waals surface area contributed by atoms with Crippen molar-refractivity contribution >= 4 is 23.5 Å². The van der Waals surface area contributed by atoms with E-state index in [1.807, 2.05) is 0 Å². The number of likely N-dealkylation sites (tertiary alicyclic amines) is 1. The summed E-state index contributed by atoms with van der Waals surface area (Å²) in [5.74, 6) is -3.87. The molecule has 4 nitrogen and oxygen atoms in total. The summed E-state index contributed by atoms with van der Waals surface area (Å²) in [6.07, 6.45) is 1.07. The van der Waals surface area contributed by atoms with E-state index in [0.29, 0.717) is 19.4 Å². The van der Waals surface area contributed by atoms with Gasteiger partial charge in [0.2, 0.25) is 0 Å². The molecule has 0 aromatic heterocycles. The van der Waals surface area contributed by atoms with E-state index in [-0.39, 0.29) is 17.0 Å². The van der Waals surface area contributed by atoms with E-state index < -0.39 is 29.6 Å². The van der Waals surface area contributed by atoms with Crippen LogP contribution in [0.15, 0.2) is 12.1 Å². The molecule has 1 heterocycles. The second-order valence-corrected chi connectivity index (χ2v) is 5.05. The van der Waals surface area contributed by atoms with Gasteiger partial charge in [-0.1, -0.05) is 11.6 Å². The van der Waals surface area contributed by atoms with Gasteiger partial charge in [-0.05, 0) is 25.0 Å². The Bertz CT molecular complexity index is 565. The van der Waals surface area contributed by atoms with Crippen molar-refractivity contribution in [2.24, 2.45) is 0 Å². The smallest absolute Gasteiger partial charge is 0.305 e. The summed E-state index contributed by atoms with van der Waals surface area (Å²) in [5.41, 5.74) is -0.150. The molecular weight excluding hydrogens is 292 g/mol. The number of carboxylic acid groups (broad SMARTS) is 1. The van der Waals surface area contributed by atoms with Crippen molar-refractivity contribution in [2.45, 2.75) is 25.3 Å². The number of benzene rings is 1. The maximum absolute atomic E-state index is 13.2. The third-order valence-electron chi connectivity index (χ3n) is 3.29. The van der Waals surface area contributed by atoms with E-state index in [1.165, 1.54) is 4.90 Å². The number of amides is 1. The minimum Gasteiger partial charge on any atom is -0.481 e. The highest BCUT2D eigenvalue weighted by Crippen LogP contribution is 2.27. The van der Waals surface area contributed by atoms with Gasteiger partial charge in [-0.2, -0.15) is 0 Å². The van der Waals surface area contributed by atoms with Crippen LogP contribution in [0.25, 0.3) is 0 Å². The quantitative estimate of drug-likeness (QED) is 0.874. The second-order valence-electron chi connectivity index (χ2n) is 4.64. The highest BCUT2D eigenvalue weighted by Gasteiger charge is 2.32. The standard InChI is InChI=1S/C13H12ClF2NO3/c14-9-6-11(16)10(15)5-8(9)13(20)17-3-1-2-7(17)4-12(18)19/h5-7H,1-4H2,(H,18,19). The lowest BCUT2D eigenvalue weighted by Gasteiger charge is -2.24. The molecule has 1 aliphatic heterocycles. The van der Waals surface area contributed by atoms with Crippen LogP contribution in [-0.4, -0.2) is 34.5 Å². The minimum absolute atomic E-state index is 0.150. The molecule has 1 saturated heterocycles. The number of nitrogens with zero attached hydrogens (tertiary/aromatic N) is 1. The van der Waals surface area contributed by atoms with Crippen molar-refractivity contribution in [3.05, 3.63) is 34.4 Å². The molecular formula is C13H12ClF2NO3. The molecule has 0 aliphatic carbocycles. The van der Waals surface area contributed by atoms with Gasteiger partial charge in [0.25, 0.3) is 5.91 Å². The number of aliphatic carboxylic acids is 1. The Kier molecular flexibility index (Phi) is 4.23. The average Bonchev–Trinajstić information content (AvgIpc) is 2.80. The molecule has 2 rings (SSSR count). The molecule has 0 bridgehead atoms. The minimum atomic E-state index is -1.16. The van der Waals surface area contributed by atoms with Crippen LogP contribution in [0.3, 0.4) is 0 Å². The molecule has 0 saturated carbocycles. The first kappa shape index (κ1) is 14.7. The lowest BCUT2D eigenvalue weighted by molar-refractivity contribution is -0.137. The van der Waals surface area contributed by atoms with E-state index in [0.717, 1.165) is 12.1 Å². The topological polar surface area (TPSA) is 57.6 Å². The summed E-state index contributed by atoms with van der Waals surface area (Å²) in [6, 6.07) is 1.05. The zero-order chi connectivity index (χ0) is 14.9. The Hall–Kier alpha value is -1.69. The van der Waals surface area contributed by atoms with Crippen LogP contribution in [-0.2, 0) is 4.79 Å². The summed E-state index contributed by atoms with van der Waals surface area (Å²) in [4.78, 5) is 24.4. The maximum atomic E-state index is 13.2. The lowest BCUT2D eigenvalue weighted by Crippen LogP contribution is -2.37. The van der Waals surface area contributed by atoms with Crippen LogP contribution in [0.1, 0.15) is 29.6 Å². The molecule has 0 spiro atoms. The molecule has 1 N–H and O–H groups in total. The molecule has 108 valence electrons. The summed E-state index contributed by atoms with van der Waals surface area (Å²) in [6.45, 7) is 0.381. The van der Waals surface area contributed by atoms with Crippen molar-refractivity contribution in [2.75, 3.05) is 6.54 Å². The molecule has 1 fully saturated rings. The molecule has 0 radical (unpaired) electrons. The summed E-state index contributed by atoms with van der Waals surface area (Å²) in [5, 5.41) is 8.62. The Balaban J connectivity index is 2.26. The summed E-state index contributed by atoms with van der Waals surface area (Å²) < 4.78 is 26.2. The zero-order valence-electron chi connectivity index (χ0n) is 10.4. The van der Waals surface area contributed by atoms with Crippen molar-refractivity contribution in [1.29, 1.82) is 0 Å². The Morgan fingerprint density at radius 3 is 2.65 bits per heavy atom. The fourth-order valence-corrected chi connectivity index (χ4v) is 2.59. The fraction of sp³-hybridized carbons (Fsp3) is 0.385. The third kappa shape index (κ3) is 2.90. The molecule has 20 heavy (non-hydrogen) atoms. The highest BCUT2D eigenvalue weighted by atomic mass is 35.5. The van der Waals surface area contributed by atoms with Crippen LogP contribution in [0, 0.1) is 11.6 Å². The first-order valence-corrected chi connectivity index (χ1v) is 6.45. The van der Waals surface area contributed by atoms with E-state index in [4.69, 9.17) is 16.7 Å². The van der Waals surface area contributed by atoms with Crippen molar-refractivity contribution < 1.29 is 23.5 Å². The molecule has 1 aliphatic rings. The molecule has 1 unspecified atom stereocenters.